The Morgan fingerprint density at radius 3 is 2.37 bits per heavy atom. The fraction of sp³-hybridized carbons (Fsp3) is 0.143. The van der Waals surface area contributed by atoms with Gasteiger partial charge in [-0.3, -0.25) is 0 Å². The Labute approximate surface area is 113 Å². The molecule has 0 saturated heterocycles. The second kappa shape index (κ2) is 6.12. The first-order valence-corrected chi connectivity index (χ1v) is 6.65. The molecule has 0 heterocycles. The van der Waals surface area contributed by atoms with Crippen molar-refractivity contribution in [3.63, 3.8) is 0 Å². The molecule has 0 aromatic heterocycles. The van der Waals surface area contributed by atoms with Crippen LogP contribution in [0, 0.1) is 17.5 Å². The van der Waals surface area contributed by atoms with Crippen molar-refractivity contribution in [2.75, 3.05) is 5.75 Å². The van der Waals surface area contributed by atoms with Crippen LogP contribution in [0.5, 0.6) is 0 Å². The Balaban J connectivity index is 2.08. The molecule has 2 N–H and O–H groups in total. The number of halogens is 3. The molecule has 2 rings (SSSR count). The van der Waals surface area contributed by atoms with Crippen LogP contribution in [0.4, 0.5) is 13.2 Å². The molecule has 1 atom stereocenters. The Bertz CT molecular complexity index is 574. The molecule has 100 valence electrons. The molecule has 0 aliphatic carbocycles. The summed E-state index contributed by atoms with van der Waals surface area (Å²) in [6, 6.07) is 9.44. The highest BCUT2D eigenvalue weighted by molar-refractivity contribution is 7.99. The van der Waals surface area contributed by atoms with Gasteiger partial charge < -0.3 is 5.73 Å². The lowest BCUT2D eigenvalue weighted by Gasteiger charge is -2.13. The monoisotopic (exact) mass is 283 g/mol. The molecule has 0 fully saturated rings. The predicted molar refractivity (Wildman–Crippen MR) is 70.4 cm³/mol. The highest BCUT2D eigenvalue weighted by Gasteiger charge is 2.15. The van der Waals surface area contributed by atoms with Gasteiger partial charge in [0.05, 0.1) is 0 Å². The first-order valence-electron chi connectivity index (χ1n) is 5.66. The summed E-state index contributed by atoms with van der Waals surface area (Å²) in [4.78, 5) is 0.440. The summed E-state index contributed by atoms with van der Waals surface area (Å²) in [6.07, 6.45) is 0. The third-order valence-corrected chi connectivity index (χ3v) is 3.80. The van der Waals surface area contributed by atoms with Crippen molar-refractivity contribution in [1.82, 2.24) is 0 Å². The van der Waals surface area contributed by atoms with Gasteiger partial charge in [-0.25, -0.2) is 13.2 Å². The van der Waals surface area contributed by atoms with Gasteiger partial charge in [0.2, 0.25) is 0 Å². The Morgan fingerprint density at radius 2 is 1.63 bits per heavy atom. The molecule has 0 aliphatic rings. The summed E-state index contributed by atoms with van der Waals surface area (Å²) in [5.41, 5.74) is 5.91. The number of nitrogens with two attached hydrogens (primary N) is 1. The lowest BCUT2D eigenvalue weighted by molar-refractivity contribution is 0.493. The standard InChI is InChI=1S/C14H12F3NS/c15-10-5-1-2-7-13(10)19-8-12(18)9-4-3-6-11(16)14(9)17/h1-7,12H,8,18H2. The van der Waals surface area contributed by atoms with Crippen LogP contribution < -0.4 is 5.73 Å². The van der Waals surface area contributed by atoms with Crippen LogP contribution in [0.2, 0.25) is 0 Å². The minimum absolute atomic E-state index is 0.101. The van der Waals surface area contributed by atoms with Crippen molar-refractivity contribution in [3.05, 3.63) is 65.5 Å². The number of hydrogen-bond donors (Lipinski definition) is 1. The quantitative estimate of drug-likeness (QED) is 0.861. The number of benzene rings is 2. The molecule has 2 aromatic carbocycles. The van der Waals surface area contributed by atoms with Gasteiger partial charge in [0.15, 0.2) is 11.6 Å². The smallest absolute Gasteiger partial charge is 0.163 e. The maximum Gasteiger partial charge on any atom is 0.163 e. The second-order valence-corrected chi connectivity index (χ2v) is 5.05. The molecule has 1 unspecified atom stereocenters. The molecular formula is C14H12F3NS. The Morgan fingerprint density at radius 1 is 0.947 bits per heavy atom. The zero-order chi connectivity index (χ0) is 13.8. The van der Waals surface area contributed by atoms with E-state index in [9.17, 15) is 13.2 Å². The summed E-state index contributed by atoms with van der Waals surface area (Å²) < 4.78 is 40.0. The average molecular weight is 283 g/mol. The maximum atomic E-state index is 13.5. The van der Waals surface area contributed by atoms with Crippen LogP contribution in [-0.4, -0.2) is 5.75 Å². The van der Waals surface area contributed by atoms with E-state index in [1.165, 1.54) is 30.0 Å². The molecule has 0 radical (unpaired) electrons. The molecule has 0 spiro atoms. The highest BCUT2D eigenvalue weighted by atomic mass is 32.2. The van der Waals surface area contributed by atoms with Gasteiger partial charge in [-0.2, -0.15) is 0 Å². The Hall–Kier alpha value is -1.46. The van der Waals surface area contributed by atoms with Crippen LogP contribution >= 0.6 is 11.8 Å². The van der Waals surface area contributed by atoms with Gasteiger partial charge >= 0.3 is 0 Å². The summed E-state index contributed by atoms with van der Waals surface area (Å²) in [6.45, 7) is 0. The van der Waals surface area contributed by atoms with E-state index in [4.69, 9.17) is 5.73 Å². The van der Waals surface area contributed by atoms with Gasteiger partial charge in [0, 0.05) is 22.3 Å². The van der Waals surface area contributed by atoms with E-state index >= 15 is 0 Å². The van der Waals surface area contributed by atoms with Crippen LogP contribution in [0.25, 0.3) is 0 Å². The third-order valence-electron chi connectivity index (χ3n) is 2.64. The van der Waals surface area contributed by atoms with Crippen molar-refractivity contribution in [1.29, 1.82) is 0 Å². The van der Waals surface area contributed by atoms with Gasteiger partial charge in [-0.05, 0) is 18.2 Å². The Kier molecular flexibility index (Phi) is 4.50. The molecule has 0 bridgehead atoms. The third kappa shape index (κ3) is 3.30. The minimum Gasteiger partial charge on any atom is -0.323 e. The van der Waals surface area contributed by atoms with Crippen molar-refractivity contribution in [3.8, 4) is 0 Å². The molecular weight excluding hydrogens is 271 g/mol. The first kappa shape index (κ1) is 14.0. The zero-order valence-corrected chi connectivity index (χ0v) is 10.8. The van der Waals surface area contributed by atoms with E-state index in [-0.39, 0.29) is 17.1 Å². The molecule has 5 heteroatoms. The second-order valence-electron chi connectivity index (χ2n) is 3.99. The number of thioether (sulfide) groups is 1. The maximum absolute atomic E-state index is 13.5. The lowest BCUT2D eigenvalue weighted by atomic mass is 10.1. The van der Waals surface area contributed by atoms with E-state index in [0.717, 1.165) is 6.07 Å². The summed E-state index contributed by atoms with van der Waals surface area (Å²) in [7, 11) is 0. The summed E-state index contributed by atoms with van der Waals surface area (Å²) in [5.74, 6) is -1.95. The van der Waals surface area contributed by atoms with Crippen molar-refractivity contribution in [2.45, 2.75) is 10.9 Å². The zero-order valence-electron chi connectivity index (χ0n) is 9.95. The summed E-state index contributed by atoms with van der Waals surface area (Å²) in [5, 5.41) is 0. The van der Waals surface area contributed by atoms with Crippen molar-refractivity contribution in [2.24, 2.45) is 5.73 Å². The fourth-order valence-corrected chi connectivity index (χ4v) is 2.56. The number of rotatable bonds is 4. The summed E-state index contributed by atoms with van der Waals surface area (Å²) >= 11 is 1.18. The fourth-order valence-electron chi connectivity index (χ4n) is 1.64. The van der Waals surface area contributed by atoms with Crippen molar-refractivity contribution >= 4 is 11.8 Å². The minimum atomic E-state index is -0.941. The van der Waals surface area contributed by atoms with Gasteiger partial charge in [0.1, 0.15) is 5.82 Å². The molecule has 1 nitrogen and oxygen atoms in total. The molecule has 0 amide bonds. The first-order chi connectivity index (χ1) is 9.09. The normalized spacial score (nSPS) is 12.4. The molecule has 0 aliphatic heterocycles. The van der Waals surface area contributed by atoms with Gasteiger partial charge in [0.25, 0.3) is 0 Å². The van der Waals surface area contributed by atoms with Gasteiger partial charge in [-0.15, -0.1) is 11.8 Å². The van der Waals surface area contributed by atoms with E-state index in [1.54, 1.807) is 18.2 Å². The highest BCUT2D eigenvalue weighted by Crippen LogP contribution is 2.27. The predicted octanol–water partition coefficient (Wildman–Crippen LogP) is 3.90. The molecule has 19 heavy (non-hydrogen) atoms. The van der Waals surface area contributed by atoms with E-state index < -0.39 is 17.7 Å². The van der Waals surface area contributed by atoms with E-state index in [2.05, 4.69) is 0 Å². The SMILES string of the molecule is NC(CSc1ccccc1F)c1cccc(F)c1F. The van der Waals surface area contributed by atoms with Gasteiger partial charge in [-0.1, -0.05) is 24.3 Å². The lowest BCUT2D eigenvalue weighted by Crippen LogP contribution is -2.15. The van der Waals surface area contributed by atoms with E-state index in [1.807, 2.05) is 0 Å². The average Bonchev–Trinajstić information content (AvgIpc) is 2.40. The molecule has 2 aromatic rings. The van der Waals surface area contributed by atoms with Crippen LogP contribution in [0.15, 0.2) is 47.4 Å². The largest absolute Gasteiger partial charge is 0.323 e. The van der Waals surface area contributed by atoms with Crippen LogP contribution in [0.3, 0.4) is 0 Å². The van der Waals surface area contributed by atoms with Crippen molar-refractivity contribution < 1.29 is 13.2 Å². The van der Waals surface area contributed by atoms with Crippen LogP contribution in [0.1, 0.15) is 11.6 Å². The number of hydrogen-bond acceptors (Lipinski definition) is 2. The van der Waals surface area contributed by atoms with E-state index in [0.29, 0.717) is 4.90 Å². The molecule has 0 saturated carbocycles. The topological polar surface area (TPSA) is 26.0 Å². The van der Waals surface area contributed by atoms with Crippen LogP contribution in [-0.2, 0) is 0 Å².